The number of esters is 1. The summed E-state index contributed by atoms with van der Waals surface area (Å²) < 4.78 is 5.44. The van der Waals surface area contributed by atoms with E-state index in [1.54, 1.807) is 6.92 Å². The van der Waals surface area contributed by atoms with Gasteiger partial charge in [0.15, 0.2) is 0 Å². The fourth-order valence-electron chi connectivity index (χ4n) is 4.35. The lowest BCUT2D eigenvalue weighted by Crippen LogP contribution is -2.56. The largest absolute Gasteiger partial charge is 0.457 e. The number of hydrogen-bond donors (Lipinski definition) is 1. The molecule has 4 nitrogen and oxygen atoms in total. The third-order valence-corrected chi connectivity index (χ3v) is 5.82. The molecule has 1 saturated heterocycles. The molecule has 2 aliphatic carbocycles. The number of carbonyl (C=O) groups is 2. The minimum Gasteiger partial charge on any atom is -0.457 e. The van der Waals surface area contributed by atoms with Crippen LogP contribution in [0.5, 0.6) is 0 Å². The second-order valence-corrected chi connectivity index (χ2v) is 6.49. The Morgan fingerprint density at radius 2 is 2.05 bits per heavy atom. The maximum absolute atomic E-state index is 12.4. The van der Waals surface area contributed by atoms with Gasteiger partial charge in [-0.05, 0) is 32.1 Å². The Morgan fingerprint density at radius 1 is 1.37 bits per heavy atom. The minimum absolute atomic E-state index is 0.0150. The van der Waals surface area contributed by atoms with Crippen LogP contribution >= 0.6 is 0 Å². The van der Waals surface area contributed by atoms with Crippen LogP contribution in [0.1, 0.15) is 39.5 Å². The predicted molar refractivity (Wildman–Crippen MR) is 68.2 cm³/mol. The van der Waals surface area contributed by atoms with Gasteiger partial charge in [0.1, 0.15) is 11.9 Å². The monoisotopic (exact) mass is 264 g/mol. The molecule has 0 amide bonds. The highest BCUT2D eigenvalue weighted by Gasteiger charge is 2.68. The number of aliphatic hydroxyl groups is 1. The third kappa shape index (κ3) is 1.33. The van der Waals surface area contributed by atoms with Crippen molar-refractivity contribution in [3.63, 3.8) is 0 Å². The van der Waals surface area contributed by atoms with Gasteiger partial charge in [-0.1, -0.05) is 13.5 Å². The maximum atomic E-state index is 12.4. The Morgan fingerprint density at radius 3 is 2.74 bits per heavy atom. The zero-order chi connectivity index (χ0) is 14.0. The number of fused-ring (bicyclic) bond motifs is 3. The summed E-state index contributed by atoms with van der Waals surface area (Å²) in [5, 5.41) is 11.1. The van der Waals surface area contributed by atoms with Crippen molar-refractivity contribution in [3.05, 3.63) is 12.2 Å². The first kappa shape index (κ1) is 12.9. The van der Waals surface area contributed by atoms with Crippen LogP contribution in [0.25, 0.3) is 0 Å². The SMILES string of the molecule is C=C1C(=O)O[C@@H]2[C@H]1CC[C@H](C)[C@]1(O)CCC(=O)[C@]21C. The topological polar surface area (TPSA) is 63.6 Å². The van der Waals surface area contributed by atoms with Crippen LogP contribution in [-0.2, 0) is 14.3 Å². The van der Waals surface area contributed by atoms with Crippen LogP contribution in [0, 0.1) is 17.3 Å². The molecule has 3 aliphatic rings. The second kappa shape index (κ2) is 3.69. The Labute approximate surface area is 112 Å². The zero-order valence-corrected chi connectivity index (χ0v) is 11.4. The Balaban J connectivity index is 2.14. The highest BCUT2D eigenvalue weighted by atomic mass is 16.6. The average molecular weight is 264 g/mol. The molecule has 0 radical (unpaired) electrons. The van der Waals surface area contributed by atoms with Crippen molar-refractivity contribution >= 4 is 11.8 Å². The van der Waals surface area contributed by atoms with Crippen LogP contribution in [-0.4, -0.2) is 28.6 Å². The van der Waals surface area contributed by atoms with Gasteiger partial charge in [-0.2, -0.15) is 0 Å². The lowest BCUT2D eigenvalue weighted by atomic mass is 9.65. The molecule has 0 spiro atoms. The second-order valence-electron chi connectivity index (χ2n) is 6.49. The summed E-state index contributed by atoms with van der Waals surface area (Å²) in [5.41, 5.74) is -1.58. The lowest BCUT2D eigenvalue weighted by molar-refractivity contribution is -0.171. The van der Waals surface area contributed by atoms with E-state index < -0.39 is 23.1 Å². The van der Waals surface area contributed by atoms with E-state index in [1.807, 2.05) is 6.92 Å². The van der Waals surface area contributed by atoms with E-state index in [2.05, 4.69) is 6.58 Å². The molecule has 3 fully saturated rings. The summed E-state index contributed by atoms with van der Waals surface area (Å²) in [5.74, 6) is -0.494. The van der Waals surface area contributed by atoms with E-state index in [9.17, 15) is 14.7 Å². The average Bonchev–Trinajstić information content (AvgIpc) is 2.76. The van der Waals surface area contributed by atoms with Crippen molar-refractivity contribution in [1.82, 2.24) is 0 Å². The summed E-state index contributed by atoms with van der Waals surface area (Å²) >= 11 is 0. The highest BCUT2D eigenvalue weighted by Crippen LogP contribution is 2.58. The molecule has 4 heteroatoms. The third-order valence-electron chi connectivity index (χ3n) is 5.82. The number of hydrogen-bond acceptors (Lipinski definition) is 4. The van der Waals surface area contributed by atoms with Crippen LogP contribution in [0.2, 0.25) is 0 Å². The van der Waals surface area contributed by atoms with Crippen LogP contribution in [0.4, 0.5) is 0 Å². The number of rotatable bonds is 0. The van der Waals surface area contributed by atoms with Crippen LogP contribution in [0.3, 0.4) is 0 Å². The van der Waals surface area contributed by atoms with E-state index in [0.29, 0.717) is 18.4 Å². The van der Waals surface area contributed by atoms with E-state index in [0.717, 1.165) is 12.8 Å². The Kier molecular flexibility index (Phi) is 2.50. The standard InChI is InChI=1S/C15H20O4/c1-8-4-5-10-9(2)13(17)19-12(10)14(3)11(16)6-7-15(8,14)18/h8,10,12,18H,2,4-7H2,1,3H3/t8-,10-,12+,14+,15+/m0/s1. The summed E-state index contributed by atoms with van der Waals surface area (Å²) in [7, 11) is 0. The molecule has 19 heavy (non-hydrogen) atoms. The quantitative estimate of drug-likeness (QED) is 0.533. The van der Waals surface area contributed by atoms with E-state index in [4.69, 9.17) is 4.74 Å². The molecule has 0 aromatic rings. The Hall–Kier alpha value is -1.16. The van der Waals surface area contributed by atoms with Crippen molar-refractivity contribution in [2.24, 2.45) is 17.3 Å². The summed E-state index contributed by atoms with van der Waals surface area (Å²) in [6.07, 6.45) is 1.83. The van der Waals surface area contributed by atoms with Crippen molar-refractivity contribution in [2.75, 3.05) is 0 Å². The van der Waals surface area contributed by atoms with Crippen molar-refractivity contribution in [3.8, 4) is 0 Å². The van der Waals surface area contributed by atoms with Gasteiger partial charge in [0, 0.05) is 17.9 Å². The molecule has 1 heterocycles. The van der Waals surface area contributed by atoms with Gasteiger partial charge in [0.05, 0.1) is 11.0 Å². The normalized spacial score (nSPS) is 49.6. The van der Waals surface area contributed by atoms with Gasteiger partial charge in [-0.3, -0.25) is 4.79 Å². The molecule has 0 bridgehead atoms. The fourth-order valence-corrected chi connectivity index (χ4v) is 4.35. The molecule has 1 aliphatic heterocycles. The van der Waals surface area contributed by atoms with Gasteiger partial charge in [0.25, 0.3) is 0 Å². The van der Waals surface area contributed by atoms with E-state index in [1.165, 1.54) is 0 Å². The summed E-state index contributed by atoms with van der Waals surface area (Å²) in [6, 6.07) is 0. The molecule has 1 N–H and O–H groups in total. The smallest absolute Gasteiger partial charge is 0.334 e. The van der Waals surface area contributed by atoms with Gasteiger partial charge in [-0.25, -0.2) is 4.79 Å². The van der Waals surface area contributed by atoms with Crippen LogP contribution < -0.4 is 0 Å². The first-order valence-corrected chi connectivity index (χ1v) is 6.98. The summed E-state index contributed by atoms with van der Waals surface area (Å²) in [6.45, 7) is 7.57. The van der Waals surface area contributed by atoms with Gasteiger partial charge in [-0.15, -0.1) is 0 Å². The predicted octanol–water partition coefficient (Wildman–Crippen LogP) is 1.61. The minimum atomic E-state index is -1.06. The molecule has 0 unspecified atom stereocenters. The van der Waals surface area contributed by atoms with Gasteiger partial charge < -0.3 is 9.84 Å². The lowest BCUT2D eigenvalue weighted by Gasteiger charge is -2.43. The molecule has 104 valence electrons. The number of Topliss-reactive ketones (excluding diaryl/α,β-unsaturated/α-hetero) is 1. The Bertz CT molecular complexity index is 483. The first-order chi connectivity index (χ1) is 8.82. The molecule has 2 saturated carbocycles. The molecule has 5 atom stereocenters. The molecule has 0 aromatic heterocycles. The van der Waals surface area contributed by atoms with Crippen molar-refractivity contribution in [1.29, 1.82) is 0 Å². The summed E-state index contributed by atoms with van der Waals surface area (Å²) in [4.78, 5) is 24.2. The molecule has 0 aromatic carbocycles. The molecular weight excluding hydrogens is 244 g/mol. The van der Waals surface area contributed by atoms with Gasteiger partial charge in [0.2, 0.25) is 0 Å². The maximum Gasteiger partial charge on any atom is 0.334 e. The van der Waals surface area contributed by atoms with Crippen molar-refractivity contribution < 1.29 is 19.4 Å². The molecular formula is C15H20O4. The van der Waals surface area contributed by atoms with E-state index >= 15 is 0 Å². The van der Waals surface area contributed by atoms with Crippen LogP contribution in [0.15, 0.2) is 12.2 Å². The first-order valence-electron chi connectivity index (χ1n) is 6.98. The fraction of sp³-hybridized carbons (Fsp3) is 0.733. The van der Waals surface area contributed by atoms with Crippen molar-refractivity contribution in [2.45, 2.75) is 51.2 Å². The number of ketones is 1. The highest BCUT2D eigenvalue weighted by molar-refractivity contribution is 5.94. The van der Waals surface area contributed by atoms with Gasteiger partial charge >= 0.3 is 5.97 Å². The zero-order valence-electron chi connectivity index (χ0n) is 11.4. The van der Waals surface area contributed by atoms with E-state index in [-0.39, 0.29) is 17.6 Å². The number of ether oxygens (including phenoxy) is 1. The number of carbonyl (C=O) groups excluding carboxylic acids is 2. The molecule has 3 rings (SSSR count).